The SMILES string of the molecule is Cc1nc([C@@H]2CCCCN2C(=O)c2cnn(C3CCCC3)c2C)n[nH]1. The van der Waals surface area contributed by atoms with Crippen molar-refractivity contribution in [3.05, 3.63) is 29.1 Å². The summed E-state index contributed by atoms with van der Waals surface area (Å²) in [5.74, 6) is 1.58. The van der Waals surface area contributed by atoms with Gasteiger partial charge in [0.05, 0.1) is 23.8 Å². The van der Waals surface area contributed by atoms with Gasteiger partial charge in [0, 0.05) is 12.2 Å². The summed E-state index contributed by atoms with van der Waals surface area (Å²) in [6.45, 7) is 4.67. The molecule has 2 fully saturated rings. The van der Waals surface area contributed by atoms with Gasteiger partial charge in [-0.05, 0) is 46.0 Å². The number of carbonyl (C=O) groups excluding carboxylic acids is 1. The Kier molecular flexibility index (Phi) is 4.31. The van der Waals surface area contributed by atoms with Gasteiger partial charge in [0.2, 0.25) is 0 Å². The van der Waals surface area contributed by atoms with Crippen LogP contribution in [0.4, 0.5) is 0 Å². The molecular formula is C18H26N6O. The highest BCUT2D eigenvalue weighted by Gasteiger charge is 2.33. The summed E-state index contributed by atoms with van der Waals surface area (Å²) in [6.07, 6.45) is 9.64. The number of aromatic nitrogens is 5. The first kappa shape index (κ1) is 16.3. The molecule has 1 saturated heterocycles. The van der Waals surface area contributed by atoms with Crippen LogP contribution in [0.5, 0.6) is 0 Å². The number of rotatable bonds is 3. The second-order valence-corrected chi connectivity index (χ2v) is 7.32. The first-order valence-corrected chi connectivity index (χ1v) is 9.39. The molecule has 1 aliphatic carbocycles. The zero-order valence-electron chi connectivity index (χ0n) is 15.0. The maximum Gasteiger partial charge on any atom is 0.257 e. The van der Waals surface area contributed by atoms with Crippen LogP contribution < -0.4 is 0 Å². The largest absolute Gasteiger partial charge is 0.328 e. The maximum absolute atomic E-state index is 13.2. The van der Waals surface area contributed by atoms with Crippen LogP contribution in [0.1, 0.15) is 84.7 Å². The molecule has 2 aromatic rings. The van der Waals surface area contributed by atoms with E-state index >= 15 is 0 Å². The Balaban J connectivity index is 1.60. The van der Waals surface area contributed by atoms with Crippen molar-refractivity contribution in [3.8, 4) is 0 Å². The Morgan fingerprint density at radius 1 is 1.16 bits per heavy atom. The molecule has 1 amide bonds. The van der Waals surface area contributed by atoms with Crippen LogP contribution in [0.2, 0.25) is 0 Å². The van der Waals surface area contributed by atoms with E-state index in [1.807, 2.05) is 18.7 Å². The highest BCUT2D eigenvalue weighted by molar-refractivity contribution is 5.95. The van der Waals surface area contributed by atoms with Crippen molar-refractivity contribution in [2.24, 2.45) is 0 Å². The van der Waals surface area contributed by atoms with Crippen LogP contribution in [-0.2, 0) is 0 Å². The molecule has 3 heterocycles. The van der Waals surface area contributed by atoms with Gasteiger partial charge in [-0.3, -0.25) is 14.6 Å². The van der Waals surface area contributed by atoms with Gasteiger partial charge < -0.3 is 4.90 Å². The van der Waals surface area contributed by atoms with Crippen molar-refractivity contribution in [2.75, 3.05) is 6.54 Å². The summed E-state index contributed by atoms with van der Waals surface area (Å²) >= 11 is 0. The number of aromatic amines is 1. The summed E-state index contributed by atoms with van der Waals surface area (Å²) in [7, 11) is 0. The fraction of sp³-hybridized carbons (Fsp3) is 0.667. The minimum Gasteiger partial charge on any atom is -0.328 e. The molecule has 0 bridgehead atoms. The average Bonchev–Trinajstić information content (AvgIpc) is 3.35. The van der Waals surface area contributed by atoms with Crippen LogP contribution in [0.15, 0.2) is 6.20 Å². The van der Waals surface area contributed by atoms with Gasteiger partial charge in [-0.2, -0.15) is 10.2 Å². The minimum atomic E-state index is -0.0413. The Hall–Kier alpha value is -2.18. The van der Waals surface area contributed by atoms with Crippen molar-refractivity contribution in [3.63, 3.8) is 0 Å². The molecule has 7 nitrogen and oxygen atoms in total. The van der Waals surface area contributed by atoms with Gasteiger partial charge >= 0.3 is 0 Å². The fourth-order valence-electron chi connectivity index (χ4n) is 4.26. The van der Waals surface area contributed by atoms with Gasteiger partial charge in [-0.25, -0.2) is 4.98 Å². The third-order valence-corrected chi connectivity index (χ3v) is 5.62. The van der Waals surface area contributed by atoms with Crippen LogP contribution in [0.25, 0.3) is 0 Å². The van der Waals surface area contributed by atoms with Crippen molar-refractivity contribution in [1.82, 2.24) is 29.9 Å². The number of piperidine rings is 1. The number of nitrogens with zero attached hydrogens (tertiary/aromatic N) is 5. The number of nitrogens with one attached hydrogen (secondary N) is 1. The zero-order chi connectivity index (χ0) is 17.4. The third-order valence-electron chi connectivity index (χ3n) is 5.62. The predicted octanol–water partition coefficient (Wildman–Crippen LogP) is 3.10. The second-order valence-electron chi connectivity index (χ2n) is 7.32. The standard InChI is InChI=1S/C18H26N6O/c1-12-15(11-19-24(12)14-7-3-4-8-14)18(25)23-10-6-5-9-16(23)17-20-13(2)21-22-17/h11,14,16H,3-10H2,1-2H3,(H,20,21,22)/t16-/m0/s1. The fourth-order valence-corrected chi connectivity index (χ4v) is 4.26. The molecule has 0 radical (unpaired) electrons. The first-order valence-electron chi connectivity index (χ1n) is 9.39. The summed E-state index contributed by atoms with van der Waals surface area (Å²) in [4.78, 5) is 19.7. The molecule has 1 N–H and O–H groups in total. The molecule has 0 spiro atoms. The molecule has 2 aromatic heterocycles. The van der Waals surface area contributed by atoms with E-state index in [1.165, 1.54) is 25.7 Å². The van der Waals surface area contributed by atoms with Crippen molar-refractivity contribution in [2.45, 2.75) is 70.9 Å². The molecule has 1 aliphatic heterocycles. The van der Waals surface area contributed by atoms with Gasteiger partial charge in [-0.15, -0.1) is 0 Å². The number of aryl methyl sites for hydroxylation is 1. The quantitative estimate of drug-likeness (QED) is 0.929. The Morgan fingerprint density at radius 3 is 2.64 bits per heavy atom. The molecule has 1 atom stereocenters. The highest BCUT2D eigenvalue weighted by Crippen LogP contribution is 2.33. The first-order chi connectivity index (χ1) is 12.1. The van der Waals surface area contributed by atoms with E-state index in [4.69, 9.17) is 0 Å². The van der Waals surface area contributed by atoms with E-state index in [0.717, 1.165) is 48.7 Å². The van der Waals surface area contributed by atoms with Gasteiger partial charge in [-0.1, -0.05) is 12.8 Å². The molecule has 7 heteroatoms. The number of hydrogen-bond acceptors (Lipinski definition) is 4. The number of H-pyrrole nitrogens is 1. The van der Waals surface area contributed by atoms with Crippen LogP contribution in [0, 0.1) is 13.8 Å². The Bertz CT molecular complexity index is 757. The third kappa shape index (κ3) is 2.96. The van der Waals surface area contributed by atoms with Crippen molar-refractivity contribution >= 4 is 5.91 Å². The molecular weight excluding hydrogens is 316 g/mol. The molecule has 25 heavy (non-hydrogen) atoms. The van der Waals surface area contributed by atoms with E-state index in [9.17, 15) is 4.79 Å². The van der Waals surface area contributed by atoms with E-state index in [0.29, 0.717) is 6.04 Å². The summed E-state index contributed by atoms with van der Waals surface area (Å²) in [6, 6.07) is 0.412. The monoisotopic (exact) mass is 342 g/mol. The van der Waals surface area contributed by atoms with Crippen LogP contribution in [-0.4, -0.2) is 42.3 Å². The lowest BCUT2D eigenvalue weighted by Gasteiger charge is -2.34. The molecule has 0 unspecified atom stereocenters. The summed E-state index contributed by atoms with van der Waals surface area (Å²) < 4.78 is 2.07. The number of carbonyl (C=O) groups is 1. The van der Waals surface area contributed by atoms with Crippen molar-refractivity contribution in [1.29, 1.82) is 0 Å². The highest BCUT2D eigenvalue weighted by atomic mass is 16.2. The lowest BCUT2D eigenvalue weighted by molar-refractivity contribution is 0.0599. The lowest BCUT2D eigenvalue weighted by atomic mass is 10.0. The average molecular weight is 342 g/mol. The number of likely N-dealkylation sites (tertiary alicyclic amines) is 1. The Morgan fingerprint density at radius 2 is 1.92 bits per heavy atom. The van der Waals surface area contributed by atoms with Crippen LogP contribution >= 0.6 is 0 Å². The van der Waals surface area contributed by atoms with Crippen molar-refractivity contribution < 1.29 is 4.79 Å². The lowest BCUT2D eigenvalue weighted by Crippen LogP contribution is -2.39. The number of hydrogen-bond donors (Lipinski definition) is 1. The smallest absolute Gasteiger partial charge is 0.257 e. The number of amides is 1. The topological polar surface area (TPSA) is 79.7 Å². The molecule has 2 aliphatic rings. The predicted molar refractivity (Wildman–Crippen MR) is 93.2 cm³/mol. The van der Waals surface area contributed by atoms with Gasteiger partial charge in [0.1, 0.15) is 5.82 Å². The molecule has 0 aromatic carbocycles. The molecule has 1 saturated carbocycles. The zero-order valence-corrected chi connectivity index (χ0v) is 15.0. The van der Waals surface area contributed by atoms with Crippen LogP contribution in [0.3, 0.4) is 0 Å². The summed E-state index contributed by atoms with van der Waals surface area (Å²) in [5, 5.41) is 11.8. The van der Waals surface area contributed by atoms with Gasteiger partial charge in [0.15, 0.2) is 5.82 Å². The van der Waals surface area contributed by atoms with E-state index < -0.39 is 0 Å². The maximum atomic E-state index is 13.2. The molecule has 4 rings (SSSR count). The summed E-state index contributed by atoms with van der Waals surface area (Å²) in [5.41, 5.74) is 1.72. The van der Waals surface area contributed by atoms with Gasteiger partial charge in [0.25, 0.3) is 5.91 Å². The van der Waals surface area contributed by atoms with E-state index in [-0.39, 0.29) is 11.9 Å². The molecule has 134 valence electrons. The van der Waals surface area contributed by atoms with E-state index in [2.05, 4.69) is 25.0 Å². The minimum absolute atomic E-state index is 0.0413. The van der Waals surface area contributed by atoms with E-state index in [1.54, 1.807) is 6.20 Å². The second kappa shape index (κ2) is 6.61. The normalized spacial score (nSPS) is 21.8. The Labute approximate surface area is 147 Å².